The van der Waals surface area contributed by atoms with E-state index in [1.165, 1.54) is 47.7 Å². The second kappa shape index (κ2) is 11.3. The summed E-state index contributed by atoms with van der Waals surface area (Å²) in [5, 5.41) is 19.6. The highest BCUT2D eigenvalue weighted by Gasteiger charge is 2.23. The van der Waals surface area contributed by atoms with Crippen molar-refractivity contribution in [2.75, 3.05) is 10.6 Å². The Kier molecular flexibility index (Phi) is 7.42. The molecule has 5 aromatic rings. The molecule has 0 saturated carbocycles. The van der Waals surface area contributed by atoms with Gasteiger partial charge in [-0.1, -0.05) is 18.2 Å². The first-order valence-electron chi connectivity index (χ1n) is 12.0. The monoisotopic (exact) mass is 559 g/mol. The molecule has 0 aliphatic heterocycles. The van der Waals surface area contributed by atoms with Crippen molar-refractivity contribution in [1.82, 2.24) is 14.9 Å². The fourth-order valence-electron chi connectivity index (χ4n) is 4.07. The average Bonchev–Trinajstić information content (AvgIpc) is 3.47. The number of benzene rings is 3. The zero-order valence-corrected chi connectivity index (χ0v) is 21.5. The summed E-state index contributed by atoms with van der Waals surface area (Å²) in [6, 6.07) is 18.4. The highest BCUT2D eigenvalue weighted by Crippen LogP contribution is 2.20. The van der Waals surface area contributed by atoms with Crippen LogP contribution in [0.25, 0.3) is 16.6 Å². The topological polar surface area (TPSA) is 145 Å². The first kappa shape index (κ1) is 26.4. The summed E-state index contributed by atoms with van der Waals surface area (Å²) in [7, 11) is 0. The van der Waals surface area contributed by atoms with Crippen molar-refractivity contribution >= 4 is 45.6 Å². The molecule has 202 valence electrons. The largest absolute Gasteiger partial charge is 0.479 e. The van der Waals surface area contributed by atoms with E-state index < -0.39 is 29.3 Å². The number of carbonyl (C=O) groups excluding carboxylic acids is 1. The first-order chi connectivity index (χ1) is 19.3. The Morgan fingerprint density at radius 3 is 2.38 bits per heavy atom. The number of carbonyl (C=O) groups is 2. The van der Waals surface area contributed by atoms with Crippen LogP contribution in [0.3, 0.4) is 0 Å². The van der Waals surface area contributed by atoms with Crippen LogP contribution < -0.4 is 27.2 Å². The van der Waals surface area contributed by atoms with Crippen LogP contribution in [0.2, 0.25) is 0 Å². The first-order valence-corrected chi connectivity index (χ1v) is 12.9. The predicted molar refractivity (Wildman–Crippen MR) is 151 cm³/mol. The van der Waals surface area contributed by atoms with Gasteiger partial charge in [0.2, 0.25) is 0 Å². The molecule has 0 saturated heterocycles. The Morgan fingerprint density at radius 1 is 0.975 bits per heavy atom. The van der Waals surface area contributed by atoms with Crippen LogP contribution in [-0.2, 0) is 11.3 Å². The van der Waals surface area contributed by atoms with Crippen LogP contribution in [0.15, 0.2) is 93.8 Å². The number of nitrogens with one attached hydrogen (secondary N) is 4. The Bertz CT molecular complexity index is 1800. The van der Waals surface area contributed by atoms with Crippen molar-refractivity contribution in [1.29, 1.82) is 0 Å². The summed E-state index contributed by atoms with van der Waals surface area (Å²) in [5.41, 5.74) is 1.32. The number of rotatable bonds is 8. The molecule has 0 spiro atoms. The number of aromatic nitrogens is 2. The minimum atomic E-state index is -1.20. The van der Waals surface area contributed by atoms with E-state index in [4.69, 9.17) is 0 Å². The normalized spacial score (nSPS) is 11.6. The van der Waals surface area contributed by atoms with Crippen LogP contribution in [0.4, 0.5) is 20.6 Å². The van der Waals surface area contributed by atoms with Gasteiger partial charge >= 0.3 is 17.7 Å². The highest BCUT2D eigenvalue weighted by atomic mass is 32.1. The molecular weight excluding hydrogens is 537 g/mol. The van der Waals surface area contributed by atoms with E-state index in [2.05, 4.69) is 20.9 Å². The molecule has 0 aliphatic carbocycles. The molecule has 0 radical (unpaired) electrons. The van der Waals surface area contributed by atoms with Crippen LogP contribution in [0.5, 0.6) is 0 Å². The van der Waals surface area contributed by atoms with Gasteiger partial charge in [0.05, 0.1) is 16.6 Å². The minimum absolute atomic E-state index is 0.277. The quantitative estimate of drug-likeness (QED) is 0.190. The van der Waals surface area contributed by atoms with E-state index >= 15 is 0 Å². The molecule has 0 bridgehead atoms. The molecular formula is C28H22FN5O5S. The number of aliphatic carboxylic acids is 1. The second-order valence-electron chi connectivity index (χ2n) is 8.74. The van der Waals surface area contributed by atoms with Gasteiger partial charge in [0.25, 0.3) is 5.56 Å². The Balaban J connectivity index is 1.31. The molecule has 0 aliphatic rings. The maximum absolute atomic E-state index is 13.2. The maximum Gasteiger partial charge on any atom is 0.333 e. The molecule has 3 aromatic carbocycles. The number of hydrogen-bond acceptors (Lipinski definition) is 6. The summed E-state index contributed by atoms with van der Waals surface area (Å²) in [4.78, 5) is 53.2. The maximum atomic E-state index is 13.2. The zero-order valence-electron chi connectivity index (χ0n) is 20.7. The lowest BCUT2D eigenvalue weighted by molar-refractivity contribution is -0.139. The van der Waals surface area contributed by atoms with E-state index in [1.807, 2.05) is 0 Å². The minimum Gasteiger partial charge on any atom is -0.479 e. The summed E-state index contributed by atoms with van der Waals surface area (Å²) in [5.74, 6) is -1.52. The third kappa shape index (κ3) is 5.76. The number of carboxylic acid groups (broad SMARTS) is 1. The fraction of sp³-hybridized carbons (Fsp3) is 0.0714. The number of aromatic amines is 1. The molecule has 10 nitrogen and oxygen atoms in total. The van der Waals surface area contributed by atoms with Crippen LogP contribution >= 0.6 is 11.3 Å². The summed E-state index contributed by atoms with van der Waals surface area (Å²) in [6.45, 7) is 0.427. The van der Waals surface area contributed by atoms with Crippen molar-refractivity contribution in [3.8, 4) is 5.69 Å². The van der Waals surface area contributed by atoms with Gasteiger partial charge in [-0.25, -0.2) is 23.3 Å². The molecule has 2 amide bonds. The van der Waals surface area contributed by atoms with E-state index in [0.29, 0.717) is 33.7 Å². The number of fused-ring (bicyclic) bond motifs is 1. The molecule has 5 N–H and O–H groups in total. The number of carboxylic acids is 1. The van der Waals surface area contributed by atoms with Crippen LogP contribution in [-0.4, -0.2) is 26.7 Å². The number of halogens is 1. The fourth-order valence-corrected chi connectivity index (χ4v) is 4.84. The van der Waals surface area contributed by atoms with Gasteiger partial charge in [0, 0.05) is 22.8 Å². The number of urea groups is 1. The summed E-state index contributed by atoms with van der Waals surface area (Å²) in [6.07, 6.45) is 0. The van der Waals surface area contributed by atoms with Crippen molar-refractivity contribution in [2.24, 2.45) is 0 Å². The summed E-state index contributed by atoms with van der Waals surface area (Å²) >= 11 is 1.21. The van der Waals surface area contributed by atoms with Crippen LogP contribution in [0, 0.1) is 5.82 Å². The highest BCUT2D eigenvalue weighted by molar-refractivity contribution is 7.10. The Morgan fingerprint density at radius 2 is 1.70 bits per heavy atom. The lowest BCUT2D eigenvalue weighted by Gasteiger charge is -2.14. The van der Waals surface area contributed by atoms with Gasteiger partial charge in [-0.2, -0.15) is 0 Å². The van der Waals surface area contributed by atoms with Gasteiger partial charge < -0.3 is 26.0 Å². The van der Waals surface area contributed by atoms with E-state index in [1.54, 1.807) is 47.8 Å². The molecule has 1 unspecified atom stereocenters. The van der Waals surface area contributed by atoms with Crippen molar-refractivity contribution in [3.05, 3.63) is 121 Å². The molecule has 2 aromatic heterocycles. The number of hydrogen-bond donors (Lipinski definition) is 5. The standard InChI is InChI=1S/C28H22FN5O5S/c29-17-5-3-16(4-6-17)15-30-19-9-12-21-22(14-19)32-28(39)34(25(21)35)20-10-7-18(8-11-20)31-27(38)33-24(26(36)37)23-2-1-13-40-23/h1-14,24,30H,15H2,(H,32,39)(H,36,37)(H2,31,33,38). The number of H-pyrrole nitrogens is 1. The van der Waals surface area contributed by atoms with Gasteiger partial charge in [-0.3, -0.25) is 4.79 Å². The van der Waals surface area contributed by atoms with Gasteiger partial charge in [-0.15, -0.1) is 11.3 Å². The van der Waals surface area contributed by atoms with Gasteiger partial charge in [0.15, 0.2) is 6.04 Å². The lowest BCUT2D eigenvalue weighted by atomic mass is 10.2. The lowest BCUT2D eigenvalue weighted by Crippen LogP contribution is -2.36. The van der Waals surface area contributed by atoms with E-state index in [-0.39, 0.29) is 11.5 Å². The molecule has 40 heavy (non-hydrogen) atoms. The smallest absolute Gasteiger partial charge is 0.333 e. The number of nitrogens with zero attached hydrogens (tertiary/aromatic N) is 1. The van der Waals surface area contributed by atoms with Gasteiger partial charge in [-0.05, 0) is 71.6 Å². The van der Waals surface area contributed by atoms with Crippen molar-refractivity contribution in [2.45, 2.75) is 12.6 Å². The van der Waals surface area contributed by atoms with E-state index in [9.17, 15) is 28.7 Å². The second-order valence-corrected chi connectivity index (χ2v) is 9.72. The van der Waals surface area contributed by atoms with Crippen molar-refractivity contribution < 1.29 is 19.1 Å². The number of anilines is 2. The third-order valence-electron chi connectivity index (χ3n) is 6.04. The molecule has 1 atom stereocenters. The van der Waals surface area contributed by atoms with E-state index in [0.717, 1.165) is 10.1 Å². The Labute approximate surface area is 229 Å². The zero-order chi connectivity index (χ0) is 28.2. The van der Waals surface area contributed by atoms with Crippen molar-refractivity contribution in [3.63, 3.8) is 0 Å². The Hall–Kier alpha value is -5.23. The molecule has 0 fully saturated rings. The number of thiophene rings is 1. The predicted octanol–water partition coefficient (Wildman–Crippen LogP) is 4.44. The molecule has 12 heteroatoms. The summed E-state index contributed by atoms with van der Waals surface area (Å²) < 4.78 is 14.1. The number of amides is 2. The SMILES string of the molecule is O=C(Nc1ccc(-n2c(=O)[nH]c3cc(NCc4ccc(F)cc4)ccc3c2=O)cc1)NC(C(=O)O)c1cccs1. The average molecular weight is 560 g/mol. The third-order valence-corrected chi connectivity index (χ3v) is 6.98. The molecule has 2 heterocycles. The van der Waals surface area contributed by atoms with Gasteiger partial charge in [0.1, 0.15) is 5.82 Å². The molecule has 5 rings (SSSR count). The van der Waals surface area contributed by atoms with Crippen LogP contribution in [0.1, 0.15) is 16.5 Å².